The minimum Gasteiger partial charge on any atom is -0.493 e. The monoisotopic (exact) mass is 448 g/mol. The highest BCUT2D eigenvalue weighted by Gasteiger charge is 2.24. The van der Waals surface area contributed by atoms with E-state index in [0.717, 1.165) is 21.7 Å². The van der Waals surface area contributed by atoms with Crippen molar-refractivity contribution in [1.82, 2.24) is 4.90 Å². The molecule has 8 heteroatoms. The van der Waals surface area contributed by atoms with Gasteiger partial charge in [-0.15, -0.1) is 0 Å². The van der Waals surface area contributed by atoms with E-state index in [1.807, 2.05) is 18.2 Å². The van der Waals surface area contributed by atoms with Crippen molar-refractivity contribution in [1.29, 1.82) is 0 Å². The van der Waals surface area contributed by atoms with Crippen LogP contribution in [0, 0.1) is 0 Å². The predicted molar refractivity (Wildman–Crippen MR) is 123 cm³/mol. The Kier molecular flexibility index (Phi) is 7.59. The fourth-order valence-electron chi connectivity index (χ4n) is 3.11. The fourth-order valence-corrected chi connectivity index (χ4v) is 3.96. The Hall–Kier alpha value is -2.74. The average Bonchev–Trinajstić information content (AvgIpc) is 2.70. The minimum absolute atomic E-state index is 0.0517. The van der Waals surface area contributed by atoms with Gasteiger partial charge in [0.1, 0.15) is 6.54 Å². The maximum Gasteiger partial charge on any atom is 0.243 e. The fraction of sp³-hybridized carbons (Fsp3) is 0.435. The molecule has 0 aromatic heterocycles. The molecule has 0 saturated carbocycles. The lowest BCUT2D eigenvalue weighted by Crippen LogP contribution is -2.41. The molecule has 31 heavy (non-hydrogen) atoms. The molecule has 170 valence electrons. The van der Waals surface area contributed by atoms with Crippen LogP contribution in [0.5, 0.6) is 11.5 Å². The molecule has 0 radical (unpaired) electrons. The second-order valence-electron chi connectivity index (χ2n) is 8.51. The lowest BCUT2D eigenvalue weighted by Gasteiger charge is -2.26. The molecule has 2 rings (SSSR count). The van der Waals surface area contributed by atoms with Crippen LogP contribution in [0.4, 0.5) is 5.69 Å². The van der Waals surface area contributed by atoms with E-state index in [4.69, 9.17) is 9.47 Å². The number of methoxy groups -OCH3 is 2. The third-order valence-electron chi connectivity index (χ3n) is 4.99. The topological polar surface area (TPSA) is 76.2 Å². The molecular weight excluding hydrogens is 416 g/mol. The van der Waals surface area contributed by atoms with Gasteiger partial charge in [0.15, 0.2) is 11.5 Å². The van der Waals surface area contributed by atoms with Crippen LogP contribution < -0.4 is 13.8 Å². The summed E-state index contributed by atoms with van der Waals surface area (Å²) in [5, 5.41) is 0. The molecular formula is C23H32N2O5S. The summed E-state index contributed by atoms with van der Waals surface area (Å²) in [6, 6.07) is 12.7. The number of rotatable bonds is 8. The number of carbonyl (C=O) groups is 1. The van der Waals surface area contributed by atoms with E-state index in [-0.39, 0.29) is 17.9 Å². The second-order valence-corrected chi connectivity index (χ2v) is 10.4. The van der Waals surface area contributed by atoms with Gasteiger partial charge in [-0.25, -0.2) is 8.42 Å². The van der Waals surface area contributed by atoms with Crippen LogP contribution in [-0.2, 0) is 26.8 Å². The van der Waals surface area contributed by atoms with Crippen molar-refractivity contribution in [3.8, 4) is 11.5 Å². The Bertz CT molecular complexity index is 1010. The summed E-state index contributed by atoms with van der Waals surface area (Å²) in [5.74, 6) is 0.847. The Morgan fingerprint density at radius 2 is 1.55 bits per heavy atom. The van der Waals surface area contributed by atoms with Gasteiger partial charge >= 0.3 is 0 Å². The molecule has 0 fully saturated rings. The van der Waals surface area contributed by atoms with Gasteiger partial charge in [-0.1, -0.05) is 39.0 Å². The molecule has 0 saturated heterocycles. The Morgan fingerprint density at radius 3 is 2.03 bits per heavy atom. The van der Waals surface area contributed by atoms with E-state index in [2.05, 4.69) is 20.8 Å². The first-order valence-electron chi connectivity index (χ1n) is 9.90. The Balaban J connectivity index is 2.19. The van der Waals surface area contributed by atoms with E-state index in [0.29, 0.717) is 23.7 Å². The van der Waals surface area contributed by atoms with Crippen molar-refractivity contribution in [3.05, 3.63) is 53.6 Å². The number of ether oxygens (including phenoxy) is 2. The first-order valence-corrected chi connectivity index (χ1v) is 11.7. The molecule has 0 N–H and O–H groups in total. The SMILES string of the molecule is COc1ccc(CN(C)C(=O)CN(c2ccc(C(C)(C)C)cc2)S(C)(=O)=O)cc1OC. The Morgan fingerprint density at radius 1 is 0.968 bits per heavy atom. The van der Waals surface area contributed by atoms with Gasteiger partial charge in [0.2, 0.25) is 15.9 Å². The van der Waals surface area contributed by atoms with Crippen LogP contribution in [0.25, 0.3) is 0 Å². The van der Waals surface area contributed by atoms with Crippen molar-refractivity contribution in [2.24, 2.45) is 0 Å². The number of nitrogens with zero attached hydrogens (tertiary/aromatic N) is 2. The van der Waals surface area contributed by atoms with Crippen LogP contribution in [0.2, 0.25) is 0 Å². The largest absolute Gasteiger partial charge is 0.493 e. The molecule has 7 nitrogen and oxygen atoms in total. The third kappa shape index (κ3) is 6.37. The highest BCUT2D eigenvalue weighted by atomic mass is 32.2. The van der Waals surface area contributed by atoms with Crippen LogP contribution in [0.3, 0.4) is 0 Å². The summed E-state index contributed by atoms with van der Waals surface area (Å²) < 4.78 is 36.5. The van der Waals surface area contributed by atoms with Crippen LogP contribution in [0.15, 0.2) is 42.5 Å². The number of amides is 1. The molecule has 0 spiro atoms. The zero-order chi connectivity index (χ0) is 23.4. The van der Waals surface area contributed by atoms with E-state index < -0.39 is 10.0 Å². The zero-order valence-electron chi connectivity index (χ0n) is 19.3. The van der Waals surface area contributed by atoms with Gasteiger partial charge in [0, 0.05) is 13.6 Å². The van der Waals surface area contributed by atoms with Gasteiger partial charge in [0.05, 0.1) is 26.2 Å². The molecule has 0 unspecified atom stereocenters. The minimum atomic E-state index is -3.64. The lowest BCUT2D eigenvalue weighted by molar-refractivity contribution is -0.128. The molecule has 0 bridgehead atoms. The maximum absolute atomic E-state index is 12.8. The first kappa shape index (κ1) is 24.5. The van der Waals surface area contributed by atoms with E-state index in [1.165, 1.54) is 4.90 Å². The van der Waals surface area contributed by atoms with Crippen molar-refractivity contribution in [3.63, 3.8) is 0 Å². The molecule has 2 aromatic rings. The van der Waals surface area contributed by atoms with Crippen molar-refractivity contribution in [2.75, 3.05) is 38.4 Å². The van der Waals surface area contributed by atoms with Gasteiger partial charge in [-0.2, -0.15) is 0 Å². The number of carbonyl (C=O) groups excluding carboxylic acids is 1. The normalized spacial score (nSPS) is 11.7. The van der Waals surface area contributed by atoms with Crippen LogP contribution in [0.1, 0.15) is 31.9 Å². The molecule has 0 aliphatic carbocycles. The zero-order valence-corrected chi connectivity index (χ0v) is 20.1. The summed E-state index contributed by atoms with van der Waals surface area (Å²) in [6.07, 6.45) is 1.10. The number of benzene rings is 2. The lowest BCUT2D eigenvalue weighted by atomic mass is 9.87. The van der Waals surface area contributed by atoms with Crippen LogP contribution >= 0.6 is 0 Å². The number of hydrogen-bond donors (Lipinski definition) is 0. The van der Waals surface area contributed by atoms with Gasteiger partial charge < -0.3 is 14.4 Å². The molecule has 0 atom stereocenters. The molecule has 0 aliphatic rings. The number of likely N-dealkylation sites (N-methyl/N-ethyl adjacent to an activating group) is 1. The highest BCUT2D eigenvalue weighted by molar-refractivity contribution is 7.92. The molecule has 2 aromatic carbocycles. The van der Waals surface area contributed by atoms with Crippen molar-refractivity contribution < 1.29 is 22.7 Å². The predicted octanol–water partition coefficient (Wildman–Crippen LogP) is 3.43. The molecule has 0 heterocycles. The van der Waals surface area contributed by atoms with E-state index in [1.54, 1.807) is 45.5 Å². The first-order chi connectivity index (χ1) is 14.4. The summed E-state index contributed by atoms with van der Waals surface area (Å²) in [4.78, 5) is 14.3. The molecule has 0 aliphatic heterocycles. The van der Waals surface area contributed by atoms with Gasteiger partial charge in [-0.3, -0.25) is 9.10 Å². The summed E-state index contributed by atoms with van der Waals surface area (Å²) in [7, 11) is 1.11. The summed E-state index contributed by atoms with van der Waals surface area (Å²) in [6.45, 7) is 6.28. The van der Waals surface area contributed by atoms with E-state index >= 15 is 0 Å². The van der Waals surface area contributed by atoms with Crippen molar-refractivity contribution in [2.45, 2.75) is 32.7 Å². The third-order valence-corrected chi connectivity index (χ3v) is 6.13. The standard InChI is InChI=1S/C23H32N2O5S/c1-23(2,3)18-9-11-19(12-10-18)25(31(7,27)28)16-22(26)24(4)15-17-8-13-20(29-5)21(14-17)30-6/h8-14H,15-16H2,1-7H3. The quantitative estimate of drug-likeness (QED) is 0.618. The highest BCUT2D eigenvalue weighted by Crippen LogP contribution is 2.28. The Labute approximate surface area is 185 Å². The van der Waals surface area contributed by atoms with Gasteiger partial charge in [0.25, 0.3) is 0 Å². The summed E-state index contributed by atoms with van der Waals surface area (Å²) >= 11 is 0. The second kappa shape index (κ2) is 9.60. The smallest absolute Gasteiger partial charge is 0.243 e. The molecule has 1 amide bonds. The number of sulfonamides is 1. The van der Waals surface area contributed by atoms with Crippen molar-refractivity contribution >= 4 is 21.6 Å². The van der Waals surface area contributed by atoms with Crippen LogP contribution in [-0.4, -0.2) is 53.3 Å². The van der Waals surface area contributed by atoms with Gasteiger partial charge in [-0.05, 0) is 40.8 Å². The number of anilines is 1. The van der Waals surface area contributed by atoms with E-state index in [9.17, 15) is 13.2 Å². The summed E-state index contributed by atoms with van der Waals surface area (Å²) in [5.41, 5.74) is 2.34. The average molecular weight is 449 g/mol. The number of hydrogen-bond acceptors (Lipinski definition) is 5. The maximum atomic E-state index is 12.8.